The van der Waals surface area contributed by atoms with Crippen LogP contribution < -0.4 is 5.32 Å². The number of sulfonamides is 1. The molecule has 5 rings (SSSR count). The zero-order valence-corrected chi connectivity index (χ0v) is 21.7. The Morgan fingerprint density at radius 3 is 2.75 bits per heavy atom. The molecule has 3 aliphatic heterocycles. The number of piperazine rings is 1. The third kappa shape index (κ3) is 4.19. The number of carbonyl (C=O) groups excluding carboxylic acids is 2. The Morgan fingerprint density at radius 1 is 1.22 bits per heavy atom. The maximum absolute atomic E-state index is 13.4. The fraction of sp³-hybridized carbons (Fsp3) is 0.500. The number of carbonyl (C=O) groups is 2. The first-order valence-corrected chi connectivity index (χ1v) is 13.5. The number of hydrogen-bond donors (Lipinski definition) is 2. The van der Waals surface area contributed by atoms with Crippen LogP contribution in [0.25, 0.3) is 10.9 Å². The van der Waals surface area contributed by atoms with Gasteiger partial charge in [0.05, 0.1) is 6.04 Å². The third-order valence-electron chi connectivity index (χ3n) is 7.01. The number of fused-ring (bicyclic) bond motifs is 2. The average molecular weight is 538 g/mol. The molecule has 2 saturated heterocycles. The lowest BCUT2D eigenvalue weighted by Crippen LogP contribution is -2.63. The van der Waals surface area contributed by atoms with Gasteiger partial charge in [-0.2, -0.15) is 4.31 Å². The van der Waals surface area contributed by atoms with Crippen LogP contribution in [-0.2, 0) is 19.6 Å². The van der Waals surface area contributed by atoms with E-state index < -0.39 is 28.0 Å². The van der Waals surface area contributed by atoms with Gasteiger partial charge in [-0.05, 0) is 44.7 Å². The Labute approximate surface area is 213 Å². The molecule has 0 bridgehead atoms. The molecule has 0 spiro atoms. The summed E-state index contributed by atoms with van der Waals surface area (Å²) in [7, 11) is -0.563. The van der Waals surface area contributed by atoms with Gasteiger partial charge in [0.25, 0.3) is 10.0 Å². The Hall–Kier alpha value is -2.87. The molecule has 12 nitrogen and oxygen atoms in total. The van der Waals surface area contributed by atoms with Crippen LogP contribution in [-0.4, -0.2) is 109 Å². The summed E-state index contributed by atoms with van der Waals surface area (Å²) in [6.07, 6.45) is 0.506. The molecule has 3 aliphatic rings. The Kier molecular flexibility index (Phi) is 6.35. The number of hydrazone groups is 1. The number of hydrogen-bond acceptors (Lipinski definition) is 7. The first kappa shape index (κ1) is 24.8. The van der Waals surface area contributed by atoms with E-state index in [2.05, 4.69) is 20.3 Å². The van der Waals surface area contributed by atoms with Crippen LogP contribution in [0.15, 0.2) is 34.4 Å². The molecule has 2 fully saturated rings. The lowest BCUT2D eigenvalue weighted by Gasteiger charge is -2.41. The molecule has 0 radical (unpaired) electrons. The molecular formula is C22H28ClN7O5S. The Morgan fingerprint density at radius 2 is 2.00 bits per heavy atom. The van der Waals surface area contributed by atoms with Crippen molar-refractivity contribution < 1.29 is 22.7 Å². The minimum atomic E-state index is -3.96. The molecule has 2 N–H and O–H groups in total. The van der Waals surface area contributed by atoms with E-state index in [1.807, 2.05) is 14.0 Å². The summed E-state index contributed by atoms with van der Waals surface area (Å²) in [5.41, 5.74) is 0.631. The minimum absolute atomic E-state index is 0.000272. The van der Waals surface area contributed by atoms with E-state index in [9.17, 15) is 18.0 Å². The number of benzene rings is 1. The SMILES string of the molecule is CNC(=O)C1CN(S(=O)(=O)c2cc3cc(Cl)ccc3[nH]2)CCN1C(=O)N1CCC2C(=N1)OC(C)N2C. The molecule has 0 aliphatic carbocycles. The molecule has 3 atom stereocenters. The highest BCUT2D eigenvalue weighted by atomic mass is 35.5. The first-order valence-electron chi connectivity index (χ1n) is 11.7. The van der Waals surface area contributed by atoms with Crippen LogP contribution in [0, 0.1) is 0 Å². The van der Waals surface area contributed by atoms with E-state index in [4.69, 9.17) is 16.3 Å². The number of amides is 3. The molecular weight excluding hydrogens is 510 g/mol. The predicted molar refractivity (Wildman–Crippen MR) is 133 cm³/mol. The molecule has 1 aromatic heterocycles. The van der Waals surface area contributed by atoms with Crippen molar-refractivity contribution in [1.82, 2.24) is 29.4 Å². The molecule has 4 heterocycles. The van der Waals surface area contributed by atoms with Crippen LogP contribution >= 0.6 is 11.6 Å². The molecule has 3 unspecified atom stereocenters. The van der Waals surface area contributed by atoms with Gasteiger partial charge in [-0.15, -0.1) is 5.10 Å². The molecule has 1 aromatic carbocycles. The summed E-state index contributed by atoms with van der Waals surface area (Å²) >= 11 is 6.04. The van der Waals surface area contributed by atoms with E-state index >= 15 is 0 Å². The fourth-order valence-corrected chi connectivity index (χ4v) is 6.47. The topological polar surface area (TPSA) is 131 Å². The number of likely N-dealkylation sites (N-methyl/N-ethyl adjacent to an activating group) is 2. The van der Waals surface area contributed by atoms with Crippen molar-refractivity contribution in [3.05, 3.63) is 29.3 Å². The van der Waals surface area contributed by atoms with Gasteiger partial charge < -0.3 is 19.9 Å². The number of nitrogens with zero attached hydrogens (tertiary/aromatic N) is 5. The molecule has 194 valence electrons. The van der Waals surface area contributed by atoms with Crippen LogP contribution in [0.1, 0.15) is 13.3 Å². The number of ether oxygens (including phenoxy) is 1. The maximum Gasteiger partial charge on any atom is 0.341 e. The predicted octanol–water partition coefficient (Wildman–Crippen LogP) is 1.06. The van der Waals surface area contributed by atoms with Gasteiger partial charge in [0, 0.05) is 49.2 Å². The van der Waals surface area contributed by atoms with Crippen LogP contribution in [0.4, 0.5) is 4.79 Å². The standard InChI is InChI=1S/C22H28ClN7O5S/c1-13-27(3)17-6-7-30(26-21(17)35-13)22(32)29-9-8-28(12-18(29)20(31)24-2)36(33,34)19-11-14-10-15(23)4-5-16(14)25-19/h4-5,10-11,13,17-18,25H,6-9,12H2,1-3H3,(H,24,31). The van der Waals surface area contributed by atoms with E-state index in [-0.39, 0.29) is 36.9 Å². The molecule has 3 amide bonds. The number of halogens is 1. The molecule has 36 heavy (non-hydrogen) atoms. The number of urea groups is 1. The zero-order chi connectivity index (χ0) is 25.8. The lowest BCUT2D eigenvalue weighted by molar-refractivity contribution is -0.126. The van der Waals surface area contributed by atoms with Gasteiger partial charge in [0.15, 0.2) is 6.23 Å². The van der Waals surface area contributed by atoms with E-state index in [1.165, 1.54) is 27.3 Å². The largest absolute Gasteiger partial charge is 0.460 e. The van der Waals surface area contributed by atoms with Gasteiger partial charge in [0.2, 0.25) is 11.8 Å². The second-order valence-electron chi connectivity index (χ2n) is 9.08. The lowest BCUT2D eigenvalue weighted by atomic mass is 10.1. The quantitative estimate of drug-likeness (QED) is 0.602. The van der Waals surface area contributed by atoms with Crippen molar-refractivity contribution in [3.63, 3.8) is 0 Å². The molecule has 14 heteroatoms. The first-order chi connectivity index (χ1) is 17.1. The van der Waals surface area contributed by atoms with Gasteiger partial charge in [-0.25, -0.2) is 18.2 Å². The van der Waals surface area contributed by atoms with Crippen molar-refractivity contribution in [1.29, 1.82) is 0 Å². The van der Waals surface area contributed by atoms with Crippen LogP contribution in [0.5, 0.6) is 0 Å². The summed E-state index contributed by atoms with van der Waals surface area (Å²) in [4.78, 5) is 32.6. The monoisotopic (exact) mass is 537 g/mol. The third-order valence-corrected chi connectivity index (χ3v) is 9.03. The Balaban J connectivity index is 1.37. The number of nitrogens with one attached hydrogen (secondary N) is 2. The highest BCUT2D eigenvalue weighted by molar-refractivity contribution is 7.89. The summed E-state index contributed by atoms with van der Waals surface area (Å²) in [5, 5.41) is 9.41. The molecule has 2 aromatic rings. The number of aromatic nitrogens is 1. The fourth-order valence-electron chi connectivity index (χ4n) is 4.83. The number of H-pyrrole nitrogens is 1. The highest BCUT2D eigenvalue weighted by Crippen LogP contribution is 2.28. The van der Waals surface area contributed by atoms with Crippen LogP contribution in [0.2, 0.25) is 5.02 Å². The number of aromatic amines is 1. The minimum Gasteiger partial charge on any atom is -0.460 e. The number of rotatable bonds is 3. The Bertz CT molecular complexity index is 1350. The van der Waals surface area contributed by atoms with Crippen molar-refractivity contribution >= 4 is 50.4 Å². The van der Waals surface area contributed by atoms with Crippen LogP contribution in [0.3, 0.4) is 0 Å². The second-order valence-corrected chi connectivity index (χ2v) is 11.4. The zero-order valence-electron chi connectivity index (χ0n) is 20.1. The van der Waals surface area contributed by atoms with E-state index in [0.717, 1.165) is 0 Å². The molecule has 0 saturated carbocycles. The summed E-state index contributed by atoms with van der Waals surface area (Å²) in [5.74, 6) is 0.0147. The van der Waals surface area contributed by atoms with Gasteiger partial charge in [0.1, 0.15) is 11.1 Å². The van der Waals surface area contributed by atoms with Crippen molar-refractivity contribution in [3.8, 4) is 0 Å². The van der Waals surface area contributed by atoms with Gasteiger partial charge in [-0.1, -0.05) is 11.6 Å². The van der Waals surface area contributed by atoms with E-state index in [1.54, 1.807) is 18.2 Å². The van der Waals surface area contributed by atoms with Gasteiger partial charge >= 0.3 is 6.03 Å². The maximum atomic E-state index is 13.4. The smallest absolute Gasteiger partial charge is 0.341 e. The highest BCUT2D eigenvalue weighted by Gasteiger charge is 2.44. The van der Waals surface area contributed by atoms with E-state index in [0.29, 0.717) is 34.8 Å². The summed E-state index contributed by atoms with van der Waals surface area (Å²) in [6, 6.07) is 5.09. The second kappa shape index (κ2) is 9.21. The normalized spacial score (nSPS) is 25.4. The summed E-state index contributed by atoms with van der Waals surface area (Å²) in [6.45, 7) is 2.15. The average Bonchev–Trinajstić information content (AvgIpc) is 3.42. The van der Waals surface area contributed by atoms with Crippen molar-refractivity contribution in [2.75, 3.05) is 40.3 Å². The van der Waals surface area contributed by atoms with Gasteiger partial charge in [-0.3, -0.25) is 9.69 Å². The summed E-state index contributed by atoms with van der Waals surface area (Å²) < 4.78 is 33.9. The van der Waals surface area contributed by atoms with Crippen molar-refractivity contribution in [2.24, 2.45) is 5.10 Å². The van der Waals surface area contributed by atoms with Crippen molar-refractivity contribution in [2.45, 2.75) is 36.7 Å².